The predicted octanol–water partition coefficient (Wildman–Crippen LogP) is 0.831. The third-order valence-corrected chi connectivity index (χ3v) is 4.26. The zero-order valence-electron chi connectivity index (χ0n) is 11.7. The summed E-state index contributed by atoms with van der Waals surface area (Å²) in [5.74, 6) is -0.0349. The molecule has 1 aliphatic heterocycles. The maximum Gasteiger partial charge on any atom is 0.253 e. The van der Waals surface area contributed by atoms with Gasteiger partial charge in [-0.1, -0.05) is 0 Å². The summed E-state index contributed by atoms with van der Waals surface area (Å²) in [7, 11) is 2.01. The number of amides is 1. The molecule has 106 valence electrons. The van der Waals surface area contributed by atoms with Gasteiger partial charge in [-0.25, -0.2) is 4.98 Å². The van der Waals surface area contributed by atoms with Gasteiger partial charge in [0.1, 0.15) is 0 Å². The van der Waals surface area contributed by atoms with Gasteiger partial charge < -0.3 is 15.0 Å². The molecule has 5 nitrogen and oxygen atoms in total. The Morgan fingerprint density at radius 3 is 3.11 bits per heavy atom. The number of carbonyl (C=O) groups excluding carboxylic acids is 1. The average molecular weight is 283 g/mol. The first-order valence-electron chi connectivity index (χ1n) is 6.51. The first-order chi connectivity index (χ1) is 8.99. The van der Waals surface area contributed by atoms with Gasteiger partial charge in [-0.3, -0.25) is 4.79 Å². The van der Waals surface area contributed by atoms with Gasteiger partial charge in [-0.15, -0.1) is 11.3 Å². The zero-order chi connectivity index (χ0) is 13.9. The Kier molecular flexibility index (Phi) is 4.54. The number of hydrogen-bond acceptors (Lipinski definition) is 5. The maximum atomic E-state index is 12.2. The molecule has 1 saturated heterocycles. The second-order valence-corrected chi connectivity index (χ2v) is 6.15. The summed E-state index contributed by atoms with van der Waals surface area (Å²) >= 11 is 1.63. The minimum atomic E-state index is -0.730. The van der Waals surface area contributed by atoms with Crippen LogP contribution in [0.4, 0.5) is 0 Å². The molecule has 0 aliphatic carbocycles. The Morgan fingerprint density at radius 1 is 1.68 bits per heavy atom. The summed E-state index contributed by atoms with van der Waals surface area (Å²) in [6.07, 6.45) is 0.774. The van der Waals surface area contributed by atoms with Crippen molar-refractivity contribution in [1.82, 2.24) is 15.2 Å². The number of aromatic nitrogens is 1. The van der Waals surface area contributed by atoms with Crippen LogP contribution in [0.15, 0.2) is 5.38 Å². The van der Waals surface area contributed by atoms with E-state index in [1.807, 2.05) is 26.3 Å². The molecule has 1 aliphatic rings. The highest BCUT2D eigenvalue weighted by Gasteiger charge is 2.37. The Balaban J connectivity index is 1.80. The number of hydrogen-bond donors (Lipinski definition) is 1. The van der Waals surface area contributed by atoms with Crippen LogP contribution in [0.2, 0.25) is 0 Å². The van der Waals surface area contributed by atoms with Gasteiger partial charge in [0, 0.05) is 37.1 Å². The fraction of sp³-hybridized carbons (Fsp3) is 0.692. The normalized spacial score (nSPS) is 24.4. The molecule has 0 spiro atoms. The summed E-state index contributed by atoms with van der Waals surface area (Å²) in [4.78, 5) is 18.7. The highest BCUT2D eigenvalue weighted by molar-refractivity contribution is 7.09. The Labute approximate surface area is 118 Å². The van der Waals surface area contributed by atoms with Crippen molar-refractivity contribution in [2.24, 2.45) is 0 Å². The number of likely N-dealkylation sites (N-methyl/N-ethyl adjacent to an activating group) is 1. The van der Waals surface area contributed by atoms with Crippen molar-refractivity contribution in [3.8, 4) is 0 Å². The number of nitrogens with zero attached hydrogens (tertiary/aromatic N) is 2. The van der Waals surface area contributed by atoms with Crippen molar-refractivity contribution in [3.05, 3.63) is 16.1 Å². The molecule has 19 heavy (non-hydrogen) atoms. The Bertz CT molecular complexity index is 449. The molecule has 6 heteroatoms. The van der Waals surface area contributed by atoms with Crippen LogP contribution in [-0.2, 0) is 16.0 Å². The highest BCUT2D eigenvalue weighted by atomic mass is 32.1. The Morgan fingerprint density at radius 2 is 2.47 bits per heavy atom. The van der Waals surface area contributed by atoms with Crippen molar-refractivity contribution in [3.63, 3.8) is 0 Å². The molecule has 1 atom stereocenters. The smallest absolute Gasteiger partial charge is 0.253 e. The van der Waals surface area contributed by atoms with Gasteiger partial charge in [0.25, 0.3) is 5.91 Å². The molecule has 0 aromatic carbocycles. The van der Waals surface area contributed by atoms with Crippen LogP contribution in [0.1, 0.15) is 17.6 Å². The lowest BCUT2D eigenvalue weighted by atomic mass is 10.0. The molecule has 1 amide bonds. The molecule has 0 saturated carbocycles. The minimum absolute atomic E-state index is 0.0349. The Hall–Kier alpha value is -0.980. The van der Waals surface area contributed by atoms with Crippen molar-refractivity contribution >= 4 is 17.2 Å². The van der Waals surface area contributed by atoms with E-state index < -0.39 is 5.60 Å². The summed E-state index contributed by atoms with van der Waals surface area (Å²) < 4.78 is 5.64. The second-order valence-electron chi connectivity index (χ2n) is 5.21. The predicted molar refractivity (Wildman–Crippen MR) is 75.4 cm³/mol. The average Bonchev–Trinajstić information content (AvgIpc) is 2.74. The van der Waals surface area contributed by atoms with E-state index in [9.17, 15) is 4.79 Å². The molecular weight excluding hydrogens is 262 g/mol. The molecule has 2 heterocycles. The molecule has 1 unspecified atom stereocenters. The third-order valence-electron chi connectivity index (χ3n) is 3.24. The summed E-state index contributed by atoms with van der Waals surface area (Å²) in [5, 5.41) is 6.03. The molecule has 0 bridgehead atoms. The third kappa shape index (κ3) is 3.75. The van der Waals surface area contributed by atoms with Crippen LogP contribution in [0, 0.1) is 6.92 Å². The van der Waals surface area contributed by atoms with Crippen molar-refractivity contribution in [1.29, 1.82) is 0 Å². The first kappa shape index (κ1) is 14.4. The molecule has 1 N–H and O–H groups in total. The van der Waals surface area contributed by atoms with E-state index in [-0.39, 0.29) is 5.91 Å². The lowest BCUT2D eigenvalue weighted by molar-refractivity contribution is -0.155. The number of morpholine rings is 1. The van der Waals surface area contributed by atoms with E-state index >= 15 is 0 Å². The lowest BCUT2D eigenvalue weighted by Gasteiger charge is -2.37. The minimum Gasteiger partial charge on any atom is -0.363 e. The SMILES string of the molecule is Cc1csc(CCNC(=O)C2(C)CN(C)CCO2)n1. The highest BCUT2D eigenvalue weighted by Crippen LogP contribution is 2.16. The lowest BCUT2D eigenvalue weighted by Crippen LogP contribution is -2.57. The van der Waals surface area contributed by atoms with E-state index in [4.69, 9.17) is 4.74 Å². The van der Waals surface area contributed by atoms with Gasteiger partial charge in [0.05, 0.1) is 11.6 Å². The largest absolute Gasteiger partial charge is 0.363 e. The monoisotopic (exact) mass is 283 g/mol. The van der Waals surface area contributed by atoms with Crippen molar-refractivity contribution < 1.29 is 9.53 Å². The molecule has 1 fully saturated rings. The summed E-state index contributed by atoms with van der Waals surface area (Å²) in [6.45, 7) is 6.55. The molecule has 0 radical (unpaired) electrons. The van der Waals surface area contributed by atoms with E-state index in [0.717, 1.165) is 23.7 Å². The van der Waals surface area contributed by atoms with E-state index in [0.29, 0.717) is 19.7 Å². The van der Waals surface area contributed by atoms with Gasteiger partial charge in [0.2, 0.25) is 0 Å². The van der Waals surface area contributed by atoms with E-state index in [1.54, 1.807) is 11.3 Å². The van der Waals surface area contributed by atoms with Crippen LogP contribution in [-0.4, -0.2) is 54.7 Å². The number of thiazole rings is 1. The summed E-state index contributed by atoms with van der Waals surface area (Å²) in [6, 6.07) is 0. The quantitative estimate of drug-likeness (QED) is 0.889. The fourth-order valence-corrected chi connectivity index (χ4v) is 2.97. The topological polar surface area (TPSA) is 54.5 Å². The van der Waals surface area contributed by atoms with Crippen LogP contribution < -0.4 is 5.32 Å². The van der Waals surface area contributed by atoms with E-state index in [1.165, 1.54) is 0 Å². The zero-order valence-corrected chi connectivity index (χ0v) is 12.5. The van der Waals surface area contributed by atoms with Crippen LogP contribution in [0.25, 0.3) is 0 Å². The number of rotatable bonds is 4. The second kappa shape index (κ2) is 5.98. The van der Waals surface area contributed by atoms with Crippen molar-refractivity contribution in [2.75, 3.05) is 33.3 Å². The molecule has 1 aromatic heterocycles. The number of carbonyl (C=O) groups is 1. The van der Waals surface area contributed by atoms with Crippen LogP contribution >= 0.6 is 11.3 Å². The molecular formula is C13H21N3O2S. The van der Waals surface area contributed by atoms with Gasteiger partial charge in [-0.05, 0) is 20.9 Å². The standard InChI is InChI=1S/C13H21N3O2S/c1-10-8-19-11(15-10)4-5-14-12(17)13(2)9-16(3)6-7-18-13/h8H,4-7,9H2,1-3H3,(H,14,17). The van der Waals surface area contributed by atoms with Crippen LogP contribution in [0.3, 0.4) is 0 Å². The first-order valence-corrected chi connectivity index (χ1v) is 7.39. The molecule has 2 rings (SSSR count). The number of aryl methyl sites for hydroxylation is 1. The van der Waals surface area contributed by atoms with Crippen molar-refractivity contribution in [2.45, 2.75) is 25.9 Å². The van der Waals surface area contributed by atoms with Gasteiger partial charge in [0.15, 0.2) is 5.60 Å². The summed E-state index contributed by atoms with van der Waals surface area (Å²) in [5.41, 5.74) is 0.307. The van der Waals surface area contributed by atoms with E-state index in [2.05, 4.69) is 15.2 Å². The fourth-order valence-electron chi connectivity index (χ4n) is 2.19. The van der Waals surface area contributed by atoms with Gasteiger partial charge in [-0.2, -0.15) is 0 Å². The maximum absolute atomic E-state index is 12.2. The van der Waals surface area contributed by atoms with Gasteiger partial charge >= 0.3 is 0 Å². The molecule has 1 aromatic rings. The number of nitrogens with one attached hydrogen (secondary N) is 1. The van der Waals surface area contributed by atoms with Crippen LogP contribution in [0.5, 0.6) is 0 Å². The number of ether oxygens (including phenoxy) is 1.